The standard InChI is InChI=1S/C21H22N4O4S/c1-12-6-7-14-16(8-12)30-20-18(14)21(28)25(11-22-20)10-17(26)24-23-9-13-4-3-5-15(29-2)19(13)27/h3-5,9,11-12,27H,6-8,10H2,1-2H3,(H,24,26)/b23-9+/t12-/m0/s1. The van der Waals surface area contributed by atoms with E-state index in [4.69, 9.17) is 4.74 Å². The van der Waals surface area contributed by atoms with Gasteiger partial charge in [0, 0.05) is 10.4 Å². The lowest BCUT2D eigenvalue weighted by Crippen LogP contribution is -2.30. The molecule has 2 N–H and O–H groups in total. The van der Waals surface area contributed by atoms with Gasteiger partial charge in [0.05, 0.1) is 25.0 Å². The maximum absolute atomic E-state index is 13.0. The van der Waals surface area contributed by atoms with E-state index < -0.39 is 5.91 Å². The van der Waals surface area contributed by atoms with Crippen molar-refractivity contribution in [3.8, 4) is 11.5 Å². The average molecular weight is 426 g/mol. The quantitative estimate of drug-likeness (QED) is 0.482. The van der Waals surface area contributed by atoms with Crippen LogP contribution >= 0.6 is 11.3 Å². The van der Waals surface area contributed by atoms with Crippen molar-refractivity contribution in [2.24, 2.45) is 11.0 Å². The summed E-state index contributed by atoms with van der Waals surface area (Å²) < 4.78 is 6.34. The summed E-state index contributed by atoms with van der Waals surface area (Å²) in [4.78, 5) is 31.6. The Labute approximate surface area is 176 Å². The molecular weight excluding hydrogens is 404 g/mol. The predicted molar refractivity (Wildman–Crippen MR) is 115 cm³/mol. The van der Waals surface area contributed by atoms with Crippen molar-refractivity contribution >= 4 is 33.7 Å². The van der Waals surface area contributed by atoms with Crippen LogP contribution in [0.1, 0.15) is 29.3 Å². The van der Waals surface area contributed by atoms with Crippen molar-refractivity contribution in [3.05, 3.63) is 50.9 Å². The number of hydrogen-bond acceptors (Lipinski definition) is 7. The number of para-hydroxylation sites is 1. The summed E-state index contributed by atoms with van der Waals surface area (Å²) in [6.07, 6.45) is 5.63. The number of aromatic nitrogens is 2. The molecule has 2 heterocycles. The number of carbonyl (C=O) groups excluding carboxylic acids is 1. The molecule has 30 heavy (non-hydrogen) atoms. The number of methoxy groups -OCH3 is 1. The highest BCUT2D eigenvalue weighted by Crippen LogP contribution is 2.35. The number of benzene rings is 1. The fraction of sp³-hybridized carbons (Fsp3) is 0.333. The summed E-state index contributed by atoms with van der Waals surface area (Å²) in [7, 11) is 1.45. The van der Waals surface area contributed by atoms with Gasteiger partial charge in [-0.05, 0) is 42.9 Å². The first kappa shape index (κ1) is 20.1. The number of hydrazone groups is 1. The Kier molecular flexibility index (Phi) is 5.54. The molecule has 3 aromatic rings. The number of fused-ring (bicyclic) bond motifs is 3. The highest BCUT2D eigenvalue weighted by atomic mass is 32.1. The van der Waals surface area contributed by atoms with E-state index in [-0.39, 0.29) is 17.9 Å². The Hall–Kier alpha value is -3.20. The summed E-state index contributed by atoms with van der Waals surface area (Å²) in [5, 5.41) is 14.5. The molecule has 9 heteroatoms. The molecule has 1 amide bonds. The number of aromatic hydroxyl groups is 1. The first-order valence-corrected chi connectivity index (χ1v) is 10.5. The first-order chi connectivity index (χ1) is 14.5. The fourth-order valence-electron chi connectivity index (χ4n) is 3.65. The highest BCUT2D eigenvalue weighted by molar-refractivity contribution is 7.18. The number of nitrogens with one attached hydrogen (secondary N) is 1. The highest BCUT2D eigenvalue weighted by Gasteiger charge is 2.23. The van der Waals surface area contributed by atoms with Gasteiger partial charge >= 0.3 is 0 Å². The van der Waals surface area contributed by atoms with Gasteiger partial charge in [0.15, 0.2) is 11.5 Å². The maximum Gasteiger partial charge on any atom is 0.262 e. The van der Waals surface area contributed by atoms with Gasteiger partial charge < -0.3 is 9.84 Å². The van der Waals surface area contributed by atoms with Gasteiger partial charge in [-0.1, -0.05) is 13.0 Å². The molecule has 0 aliphatic heterocycles. The molecule has 0 saturated carbocycles. The number of phenols is 1. The van der Waals surface area contributed by atoms with E-state index in [0.717, 1.165) is 29.7 Å². The number of hydrogen-bond donors (Lipinski definition) is 2. The van der Waals surface area contributed by atoms with Crippen molar-refractivity contribution in [3.63, 3.8) is 0 Å². The van der Waals surface area contributed by atoms with E-state index in [0.29, 0.717) is 22.6 Å². The lowest BCUT2D eigenvalue weighted by molar-refractivity contribution is -0.121. The number of phenolic OH excluding ortho intramolecular Hbond substituents is 1. The summed E-state index contributed by atoms with van der Waals surface area (Å²) in [6, 6.07) is 4.95. The van der Waals surface area contributed by atoms with E-state index >= 15 is 0 Å². The summed E-state index contributed by atoms with van der Waals surface area (Å²) in [5.74, 6) is 0.389. The van der Waals surface area contributed by atoms with Crippen molar-refractivity contribution in [2.75, 3.05) is 7.11 Å². The molecule has 0 spiro atoms. The van der Waals surface area contributed by atoms with Crippen LogP contribution in [0.5, 0.6) is 11.5 Å². The topological polar surface area (TPSA) is 106 Å². The number of amides is 1. The largest absolute Gasteiger partial charge is 0.504 e. The molecule has 1 aliphatic rings. The average Bonchev–Trinajstić information content (AvgIpc) is 3.09. The molecule has 1 atom stereocenters. The Bertz CT molecular complexity index is 1200. The molecule has 0 unspecified atom stereocenters. The minimum Gasteiger partial charge on any atom is -0.504 e. The summed E-state index contributed by atoms with van der Waals surface area (Å²) in [6.45, 7) is 2.03. The number of nitrogens with zero attached hydrogens (tertiary/aromatic N) is 3. The number of thiophene rings is 1. The third-order valence-electron chi connectivity index (χ3n) is 5.24. The molecule has 8 nitrogen and oxygen atoms in total. The normalized spacial score (nSPS) is 16.0. The summed E-state index contributed by atoms with van der Waals surface area (Å²) in [5.41, 5.74) is 3.66. The van der Waals surface area contributed by atoms with Crippen LogP contribution in [0.3, 0.4) is 0 Å². The van der Waals surface area contributed by atoms with Gasteiger partial charge in [0.25, 0.3) is 11.5 Å². The molecular formula is C21H22N4O4S. The Morgan fingerprint density at radius 3 is 3.13 bits per heavy atom. The third kappa shape index (κ3) is 3.80. The lowest BCUT2D eigenvalue weighted by atomic mass is 9.89. The number of ether oxygens (including phenoxy) is 1. The zero-order valence-electron chi connectivity index (χ0n) is 16.7. The molecule has 1 aromatic carbocycles. The van der Waals surface area contributed by atoms with Gasteiger partial charge in [0.1, 0.15) is 11.4 Å². The fourth-order valence-corrected chi connectivity index (χ4v) is 4.99. The molecule has 1 aliphatic carbocycles. The predicted octanol–water partition coefficient (Wildman–Crippen LogP) is 2.45. The van der Waals surface area contributed by atoms with Crippen LogP contribution in [0.15, 0.2) is 34.4 Å². The second-order valence-electron chi connectivity index (χ2n) is 7.40. The SMILES string of the molecule is COc1cccc(/C=N/NC(=O)Cn2cnc3sc4c(c3c2=O)CC[C@H](C)C4)c1O. The molecule has 0 saturated heterocycles. The zero-order valence-corrected chi connectivity index (χ0v) is 17.5. The van der Waals surface area contributed by atoms with Crippen LogP contribution in [0.25, 0.3) is 10.2 Å². The smallest absolute Gasteiger partial charge is 0.262 e. The number of rotatable bonds is 5. The van der Waals surface area contributed by atoms with Gasteiger partial charge in [-0.15, -0.1) is 11.3 Å². The van der Waals surface area contributed by atoms with Crippen LogP contribution in [0, 0.1) is 5.92 Å². The Morgan fingerprint density at radius 2 is 2.33 bits per heavy atom. The molecule has 2 aromatic heterocycles. The Morgan fingerprint density at radius 1 is 1.50 bits per heavy atom. The monoisotopic (exact) mass is 426 g/mol. The van der Waals surface area contributed by atoms with Crippen LogP contribution in [0.2, 0.25) is 0 Å². The lowest BCUT2D eigenvalue weighted by Gasteiger charge is -2.17. The van der Waals surface area contributed by atoms with Crippen molar-refractivity contribution in [1.82, 2.24) is 15.0 Å². The third-order valence-corrected chi connectivity index (χ3v) is 6.40. The van der Waals surface area contributed by atoms with Crippen molar-refractivity contribution < 1.29 is 14.6 Å². The van der Waals surface area contributed by atoms with Crippen molar-refractivity contribution in [2.45, 2.75) is 32.7 Å². The van der Waals surface area contributed by atoms with Crippen LogP contribution in [0.4, 0.5) is 0 Å². The Balaban J connectivity index is 1.50. The van der Waals surface area contributed by atoms with Crippen LogP contribution < -0.4 is 15.7 Å². The first-order valence-electron chi connectivity index (χ1n) is 9.65. The molecule has 0 bridgehead atoms. The second-order valence-corrected chi connectivity index (χ2v) is 8.48. The second kappa shape index (κ2) is 8.27. The summed E-state index contributed by atoms with van der Waals surface area (Å²) >= 11 is 1.58. The van der Waals surface area contributed by atoms with E-state index in [1.54, 1.807) is 29.5 Å². The van der Waals surface area contributed by atoms with Gasteiger partial charge in [0.2, 0.25) is 0 Å². The maximum atomic E-state index is 13.0. The minimum atomic E-state index is -0.463. The van der Waals surface area contributed by atoms with E-state index in [9.17, 15) is 14.7 Å². The van der Waals surface area contributed by atoms with E-state index in [1.165, 1.54) is 29.1 Å². The molecule has 0 radical (unpaired) electrons. The molecule has 156 valence electrons. The number of carbonyl (C=O) groups is 1. The van der Waals surface area contributed by atoms with E-state index in [1.807, 2.05) is 0 Å². The van der Waals surface area contributed by atoms with E-state index in [2.05, 4.69) is 22.4 Å². The minimum absolute atomic E-state index is 0.0691. The number of aryl methyl sites for hydroxylation is 1. The van der Waals surface area contributed by atoms with Gasteiger partial charge in [-0.3, -0.25) is 14.2 Å². The molecule has 4 rings (SSSR count). The zero-order chi connectivity index (χ0) is 21.3. The van der Waals surface area contributed by atoms with Gasteiger partial charge in [-0.25, -0.2) is 10.4 Å². The van der Waals surface area contributed by atoms with Crippen LogP contribution in [-0.2, 0) is 24.2 Å². The van der Waals surface area contributed by atoms with Gasteiger partial charge in [-0.2, -0.15) is 5.10 Å². The van der Waals surface area contributed by atoms with Crippen LogP contribution in [-0.4, -0.2) is 33.9 Å². The molecule has 0 fully saturated rings. The van der Waals surface area contributed by atoms with Crippen molar-refractivity contribution in [1.29, 1.82) is 0 Å².